The number of hydrogen-bond donors (Lipinski definition) is 0. The van der Waals surface area contributed by atoms with E-state index in [0.29, 0.717) is 18.1 Å². The lowest BCUT2D eigenvalue weighted by Gasteiger charge is -2.03. The number of carbonyl (C=O) groups is 1. The molecule has 0 atom stereocenters. The normalized spacial score (nSPS) is 11.0. The fourth-order valence-electron chi connectivity index (χ4n) is 2.84. The molecule has 0 spiro atoms. The summed E-state index contributed by atoms with van der Waals surface area (Å²) in [6, 6.07) is 18.0. The molecule has 4 rings (SSSR count). The van der Waals surface area contributed by atoms with Gasteiger partial charge >= 0.3 is 5.97 Å². The fourth-order valence-corrected chi connectivity index (χ4v) is 2.84. The number of rotatable bonds is 5. The van der Waals surface area contributed by atoms with E-state index in [-0.39, 0.29) is 12.4 Å². The number of nitrogens with zero attached hydrogens (tertiary/aromatic N) is 3. The summed E-state index contributed by atoms with van der Waals surface area (Å²) in [6.07, 6.45) is 1.37. The highest BCUT2D eigenvalue weighted by molar-refractivity contribution is 5.92. The Bertz CT molecular complexity index is 1050. The second-order valence-electron chi connectivity index (χ2n) is 5.76. The summed E-state index contributed by atoms with van der Waals surface area (Å²) in [5, 5.41) is 5.60. The largest absolute Gasteiger partial charge is 0.460 e. The van der Waals surface area contributed by atoms with E-state index < -0.39 is 5.97 Å². The standard InChI is InChI=1S/C20H17N3O3/c1-2-25-20(24)17-12-21-19(26-17)18-15-10-6-7-11-16(15)23(22-18)13-14-8-4-3-5-9-14/h3-12H,2,13H2,1H3. The molecule has 0 fully saturated rings. The molecule has 2 aromatic carbocycles. The highest BCUT2D eigenvalue weighted by atomic mass is 16.5. The predicted molar refractivity (Wildman–Crippen MR) is 96.7 cm³/mol. The number of benzene rings is 2. The predicted octanol–water partition coefficient (Wildman–Crippen LogP) is 3.92. The maximum absolute atomic E-state index is 11.8. The lowest BCUT2D eigenvalue weighted by molar-refractivity contribution is 0.0491. The molecule has 0 saturated heterocycles. The van der Waals surface area contributed by atoms with Crippen molar-refractivity contribution < 1.29 is 13.9 Å². The molecule has 0 aliphatic heterocycles. The van der Waals surface area contributed by atoms with Gasteiger partial charge in [0.05, 0.1) is 24.9 Å². The Balaban J connectivity index is 1.75. The lowest BCUT2D eigenvalue weighted by Crippen LogP contribution is -2.02. The van der Waals surface area contributed by atoms with Gasteiger partial charge in [0.1, 0.15) is 0 Å². The quantitative estimate of drug-likeness (QED) is 0.512. The summed E-state index contributed by atoms with van der Waals surface area (Å²) in [5.74, 6) is -0.154. The molecule has 130 valence electrons. The third-order valence-electron chi connectivity index (χ3n) is 4.02. The summed E-state index contributed by atoms with van der Waals surface area (Å²) >= 11 is 0. The Hall–Kier alpha value is -3.41. The van der Waals surface area contributed by atoms with Gasteiger partial charge < -0.3 is 9.15 Å². The van der Waals surface area contributed by atoms with E-state index in [1.165, 1.54) is 6.20 Å². The third kappa shape index (κ3) is 2.97. The van der Waals surface area contributed by atoms with E-state index in [0.717, 1.165) is 16.5 Å². The minimum Gasteiger partial charge on any atom is -0.460 e. The van der Waals surface area contributed by atoms with Crippen LogP contribution in [0.1, 0.15) is 23.0 Å². The summed E-state index contributed by atoms with van der Waals surface area (Å²) in [6.45, 7) is 2.66. The van der Waals surface area contributed by atoms with Crippen molar-refractivity contribution in [3.05, 3.63) is 72.1 Å². The van der Waals surface area contributed by atoms with Gasteiger partial charge in [0.2, 0.25) is 11.7 Å². The van der Waals surface area contributed by atoms with Crippen LogP contribution >= 0.6 is 0 Å². The van der Waals surface area contributed by atoms with Crippen LogP contribution in [0.25, 0.3) is 22.5 Å². The van der Waals surface area contributed by atoms with E-state index in [1.54, 1.807) is 6.92 Å². The average molecular weight is 347 g/mol. The summed E-state index contributed by atoms with van der Waals surface area (Å²) in [7, 11) is 0. The van der Waals surface area contributed by atoms with Gasteiger partial charge in [0.25, 0.3) is 0 Å². The summed E-state index contributed by atoms with van der Waals surface area (Å²) in [4.78, 5) is 16.0. The van der Waals surface area contributed by atoms with Crippen LogP contribution in [0, 0.1) is 0 Å². The lowest BCUT2D eigenvalue weighted by atomic mass is 10.2. The SMILES string of the molecule is CCOC(=O)c1cnc(-c2nn(Cc3ccccc3)c3ccccc23)o1. The van der Waals surface area contributed by atoms with Crippen molar-refractivity contribution in [3.63, 3.8) is 0 Å². The number of fused-ring (bicyclic) bond motifs is 1. The van der Waals surface area contributed by atoms with Gasteiger partial charge in [-0.2, -0.15) is 5.10 Å². The van der Waals surface area contributed by atoms with Crippen LogP contribution in [0.4, 0.5) is 0 Å². The number of esters is 1. The molecule has 0 bridgehead atoms. The molecule has 0 saturated carbocycles. The number of carbonyl (C=O) groups excluding carboxylic acids is 1. The molecular formula is C20H17N3O3. The molecule has 0 amide bonds. The van der Waals surface area contributed by atoms with Crippen molar-refractivity contribution in [2.75, 3.05) is 6.61 Å². The van der Waals surface area contributed by atoms with Gasteiger partial charge in [-0.1, -0.05) is 48.5 Å². The van der Waals surface area contributed by atoms with Crippen LogP contribution in [-0.2, 0) is 11.3 Å². The molecule has 2 aromatic heterocycles. The molecule has 6 heteroatoms. The molecule has 0 unspecified atom stereocenters. The van der Waals surface area contributed by atoms with Gasteiger partial charge in [0.15, 0.2) is 5.69 Å². The van der Waals surface area contributed by atoms with Gasteiger partial charge in [0, 0.05) is 5.39 Å². The van der Waals surface area contributed by atoms with Gasteiger partial charge in [-0.3, -0.25) is 4.68 Å². The Morgan fingerprint density at radius 2 is 1.88 bits per heavy atom. The van der Waals surface area contributed by atoms with E-state index in [2.05, 4.69) is 22.2 Å². The maximum Gasteiger partial charge on any atom is 0.375 e. The van der Waals surface area contributed by atoms with Crippen molar-refractivity contribution in [2.45, 2.75) is 13.5 Å². The molecule has 0 aliphatic carbocycles. The number of ether oxygens (including phenoxy) is 1. The van der Waals surface area contributed by atoms with Crippen LogP contribution in [0.2, 0.25) is 0 Å². The molecular weight excluding hydrogens is 330 g/mol. The van der Waals surface area contributed by atoms with Crippen molar-refractivity contribution in [1.29, 1.82) is 0 Å². The highest BCUT2D eigenvalue weighted by Gasteiger charge is 2.19. The van der Waals surface area contributed by atoms with Gasteiger partial charge in [-0.05, 0) is 18.6 Å². The minimum atomic E-state index is -0.528. The smallest absolute Gasteiger partial charge is 0.375 e. The Kier molecular flexibility index (Phi) is 4.23. The molecule has 0 N–H and O–H groups in total. The number of hydrogen-bond acceptors (Lipinski definition) is 5. The monoisotopic (exact) mass is 347 g/mol. The number of aromatic nitrogens is 3. The van der Waals surface area contributed by atoms with Crippen molar-refractivity contribution in [1.82, 2.24) is 14.8 Å². The van der Waals surface area contributed by atoms with E-state index in [1.807, 2.05) is 47.1 Å². The van der Waals surface area contributed by atoms with Crippen molar-refractivity contribution in [3.8, 4) is 11.6 Å². The topological polar surface area (TPSA) is 70.2 Å². The van der Waals surface area contributed by atoms with Crippen molar-refractivity contribution >= 4 is 16.9 Å². The van der Waals surface area contributed by atoms with Gasteiger partial charge in [-0.15, -0.1) is 0 Å². The Labute approximate surface area is 150 Å². The zero-order valence-corrected chi connectivity index (χ0v) is 14.3. The molecule has 26 heavy (non-hydrogen) atoms. The molecule has 4 aromatic rings. The number of para-hydroxylation sites is 1. The first-order valence-corrected chi connectivity index (χ1v) is 8.39. The zero-order chi connectivity index (χ0) is 17.9. The summed E-state index contributed by atoms with van der Waals surface area (Å²) < 4.78 is 12.5. The second kappa shape index (κ2) is 6.84. The van der Waals surface area contributed by atoms with Crippen LogP contribution in [-0.4, -0.2) is 27.3 Å². The van der Waals surface area contributed by atoms with E-state index in [4.69, 9.17) is 9.15 Å². The summed E-state index contributed by atoms with van der Waals surface area (Å²) in [5.41, 5.74) is 2.72. The molecule has 0 radical (unpaired) electrons. The fraction of sp³-hybridized carbons (Fsp3) is 0.150. The molecule has 0 aliphatic rings. The first kappa shape index (κ1) is 16.1. The van der Waals surface area contributed by atoms with Crippen LogP contribution in [0.3, 0.4) is 0 Å². The first-order valence-electron chi connectivity index (χ1n) is 8.39. The molecule has 6 nitrogen and oxygen atoms in total. The Morgan fingerprint density at radius 1 is 1.12 bits per heavy atom. The first-order chi connectivity index (χ1) is 12.8. The second-order valence-corrected chi connectivity index (χ2v) is 5.76. The highest BCUT2D eigenvalue weighted by Crippen LogP contribution is 2.28. The van der Waals surface area contributed by atoms with Gasteiger partial charge in [-0.25, -0.2) is 9.78 Å². The molecule has 2 heterocycles. The van der Waals surface area contributed by atoms with Crippen LogP contribution in [0.5, 0.6) is 0 Å². The van der Waals surface area contributed by atoms with E-state index in [9.17, 15) is 4.79 Å². The van der Waals surface area contributed by atoms with E-state index >= 15 is 0 Å². The minimum absolute atomic E-state index is 0.0727. The number of oxazole rings is 1. The van der Waals surface area contributed by atoms with Crippen molar-refractivity contribution in [2.24, 2.45) is 0 Å². The van der Waals surface area contributed by atoms with Crippen LogP contribution < -0.4 is 0 Å². The third-order valence-corrected chi connectivity index (χ3v) is 4.02. The zero-order valence-electron chi connectivity index (χ0n) is 14.3. The van der Waals surface area contributed by atoms with Crippen LogP contribution in [0.15, 0.2) is 65.2 Å². The Morgan fingerprint density at radius 3 is 2.69 bits per heavy atom. The average Bonchev–Trinajstić information content (AvgIpc) is 3.28. The maximum atomic E-state index is 11.8.